The summed E-state index contributed by atoms with van der Waals surface area (Å²) in [7, 11) is -0.805. The molecule has 1 saturated heterocycles. The lowest BCUT2D eigenvalue weighted by Crippen LogP contribution is -2.33. The molecule has 0 saturated carbocycles. The van der Waals surface area contributed by atoms with E-state index in [1.165, 1.54) is 44.8 Å². The summed E-state index contributed by atoms with van der Waals surface area (Å²) in [6.45, 7) is 4.08. The van der Waals surface area contributed by atoms with E-state index in [0.717, 1.165) is 23.1 Å². The van der Waals surface area contributed by atoms with Gasteiger partial charge in [0.15, 0.2) is 0 Å². The van der Waals surface area contributed by atoms with Crippen LogP contribution in [0.25, 0.3) is 0 Å². The Kier molecular flexibility index (Phi) is 6.97. The van der Waals surface area contributed by atoms with Gasteiger partial charge in [-0.2, -0.15) is 0 Å². The first-order valence-corrected chi connectivity index (χ1v) is 11.6. The maximum absolute atomic E-state index is 12.4. The van der Waals surface area contributed by atoms with Gasteiger partial charge in [0.05, 0.1) is 11.4 Å². The highest BCUT2D eigenvalue weighted by Gasteiger charge is 2.20. The number of hydrogen-bond acceptors (Lipinski definition) is 5. The second kappa shape index (κ2) is 9.49. The summed E-state index contributed by atoms with van der Waals surface area (Å²) in [5, 5.41) is 5.27. The van der Waals surface area contributed by atoms with Crippen molar-refractivity contribution in [2.75, 3.05) is 43.9 Å². The molecule has 1 unspecified atom stereocenters. The third-order valence-corrected chi connectivity index (χ3v) is 7.04. The summed E-state index contributed by atoms with van der Waals surface area (Å²) in [5.41, 5.74) is 1.94. The van der Waals surface area contributed by atoms with E-state index in [2.05, 4.69) is 22.5 Å². The maximum atomic E-state index is 12.4. The van der Waals surface area contributed by atoms with Crippen molar-refractivity contribution in [2.24, 2.45) is 5.92 Å². The highest BCUT2D eigenvalue weighted by molar-refractivity contribution is 7.89. The van der Waals surface area contributed by atoms with Gasteiger partial charge < -0.3 is 15.5 Å². The summed E-state index contributed by atoms with van der Waals surface area (Å²) < 4.78 is 25.5. The second-order valence-electron chi connectivity index (χ2n) is 7.93. The normalized spacial score (nSPS) is 16.4. The van der Waals surface area contributed by atoms with E-state index in [1.807, 2.05) is 24.3 Å². The van der Waals surface area contributed by atoms with Crippen molar-refractivity contribution in [2.45, 2.75) is 18.2 Å². The van der Waals surface area contributed by atoms with Gasteiger partial charge in [0.1, 0.15) is 0 Å². The van der Waals surface area contributed by atoms with Gasteiger partial charge in [-0.05, 0) is 54.8 Å². The summed E-state index contributed by atoms with van der Waals surface area (Å²) >= 11 is 0. The Morgan fingerprint density at radius 1 is 1.13 bits per heavy atom. The molecule has 8 nitrogen and oxygen atoms in total. The largest absolute Gasteiger partial charge is 0.371 e. The zero-order chi connectivity index (χ0) is 22.6. The average Bonchev–Trinajstić information content (AvgIpc) is 3.18. The van der Waals surface area contributed by atoms with Crippen LogP contribution < -0.4 is 15.5 Å². The quantitative estimate of drug-likeness (QED) is 0.682. The van der Waals surface area contributed by atoms with E-state index in [-0.39, 0.29) is 22.9 Å². The van der Waals surface area contributed by atoms with E-state index in [1.54, 1.807) is 0 Å². The van der Waals surface area contributed by atoms with Crippen LogP contribution in [0.3, 0.4) is 0 Å². The fourth-order valence-electron chi connectivity index (χ4n) is 3.40. The number of benzene rings is 2. The molecule has 1 aliphatic rings. The maximum Gasteiger partial charge on any atom is 0.251 e. The topological polar surface area (TPSA) is 98.8 Å². The molecule has 166 valence electrons. The first kappa shape index (κ1) is 22.8. The number of amides is 2. The van der Waals surface area contributed by atoms with Gasteiger partial charge in [0, 0.05) is 44.1 Å². The molecule has 1 fully saturated rings. The first-order valence-electron chi connectivity index (χ1n) is 10.1. The number of hydrogen-bond donors (Lipinski definition) is 2. The Morgan fingerprint density at radius 3 is 2.45 bits per heavy atom. The number of rotatable bonds is 7. The molecular weight excluding hydrogens is 416 g/mol. The summed E-state index contributed by atoms with van der Waals surface area (Å²) in [4.78, 5) is 26.9. The molecule has 0 aromatic heterocycles. The van der Waals surface area contributed by atoms with E-state index < -0.39 is 15.9 Å². The zero-order valence-electron chi connectivity index (χ0n) is 18.0. The van der Waals surface area contributed by atoms with Crippen LogP contribution in [0.2, 0.25) is 0 Å². The molecule has 2 aromatic rings. The van der Waals surface area contributed by atoms with E-state index >= 15 is 0 Å². The highest BCUT2D eigenvalue weighted by Crippen LogP contribution is 2.24. The van der Waals surface area contributed by atoms with Crippen molar-refractivity contribution >= 4 is 33.2 Å². The van der Waals surface area contributed by atoms with Crippen molar-refractivity contribution in [3.05, 3.63) is 54.1 Å². The molecule has 0 spiro atoms. The van der Waals surface area contributed by atoms with Crippen molar-refractivity contribution < 1.29 is 18.0 Å². The van der Waals surface area contributed by atoms with Crippen LogP contribution in [-0.4, -0.2) is 58.3 Å². The Bertz CT molecular complexity index is 1050. The Morgan fingerprint density at radius 2 is 1.84 bits per heavy atom. The van der Waals surface area contributed by atoms with Crippen molar-refractivity contribution in [1.29, 1.82) is 0 Å². The molecule has 1 atom stereocenters. The van der Waals surface area contributed by atoms with Crippen LogP contribution in [0, 0.1) is 5.92 Å². The monoisotopic (exact) mass is 444 g/mol. The third-order valence-electron chi connectivity index (χ3n) is 5.22. The number of anilines is 2. The minimum absolute atomic E-state index is 0.0158. The molecule has 31 heavy (non-hydrogen) atoms. The van der Waals surface area contributed by atoms with E-state index in [9.17, 15) is 18.0 Å². The van der Waals surface area contributed by atoms with Gasteiger partial charge in [-0.25, -0.2) is 12.7 Å². The van der Waals surface area contributed by atoms with Crippen LogP contribution in [0.4, 0.5) is 11.4 Å². The fraction of sp³-hybridized carbons (Fsp3) is 0.364. The Labute approximate surface area is 183 Å². The van der Waals surface area contributed by atoms with Crippen LogP contribution >= 0.6 is 0 Å². The minimum atomic E-state index is -3.65. The SMILES string of the molecule is CC1CCN(c2ccc(NC(=O)CNC(=O)c3cccc(S(=O)(=O)N(C)C)c3)cc2)C1. The third kappa shape index (κ3) is 5.62. The predicted octanol–water partition coefficient (Wildman–Crippen LogP) is 2.15. The average molecular weight is 445 g/mol. The van der Waals surface area contributed by atoms with Crippen LogP contribution in [0.5, 0.6) is 0 Å². The number of sulfonamides is 1. The molecule has 2 amide bonds. The van der Waals surface area contributed by atoms with Crippen LogP contribution in [0.1, 0.15) is 23.7 Å². The Hall–Kier alpha value is -2.91. The molecule has 2 N–H and O–H groups in total. The number of nitrogens with zero attached hydrogens (tertiary/aromatic N) is 2. The van der Waals surface area contributed by atoms with Crippen molar-refractivity contribution in [1.82, 2.24) is 9.62 Å². The summed E-state index contributed by atoms with van der Waals surface area (Å²) in [6, 6.07) is 13.3. The fourth-order valence-corrected chi connectivity index (χ4v) is 4.35. The lowest BCUT2D eigenvalue weighted by molar-refractivity contribution is -0.115. The standard InChI is InChI=1S/C22H28N4O4S/c1-16-11-12-26(15-16)19-9-7-18(8-10-19)24-21(27)14-23-22(28)17-5-4-6-20(13-17)31(29,30)25(2)3/h4-10,13,16H,11-12,14-15H2,1-3H3,(H,23,28)(H,24,27). The van der Waals surface area contributed by atoms with Gasteiger partial charge in [-0.15, -0.1) is 0 Å². The van der Waals surface area contributed by atoms with Gasteiger partial charge in [-0.3, -0.25) is 9.59 Å². The lowest BCUT2D eigenvalue weighted by Gasteiger charge is -2.18. The van der Waals surface area contributed by atoms with Gasteiger partial charge in [0.2, 0.25) is 15.9 Å². The van der Waals surface area contributed by atoms with Crippen molar-refractivity contribution in [3.8, 4) is 0 Å². The molecule has 0 radical (unpaired) electrons. The number of carbonyl (C=O) groups is 2. The molecule has 2 aromatic carbocycles. The minimum Gasteiger partial charge on any atom is -0.371 e. The molecule has 9 heteroatoms. The molecule has 3 rings (SSSR count). The van der Waals surface area contributed by atoms with E-state index in [4.69, 9.17) is 0 Å². The lowest BCUT2D eigenvalue weighted by atomic mass is 10.2. The highest BCUT2D eigenvalue weighted by atomic mass is 32.2. The van der Waals surface area contributed by atoms with Crippen LogP contribution in [-0.2, 0) is 14.8 Å². The van der Waals surface area contributed by atoms with E-state index in [0.29, 0.717) is 11.6 Å². The second-order valence-corrected chi connectivity index (χ2v) is 10.1. The molecule has 0 bridgehead atoms. The molecule has 0 aliphatic carbocycles. The molecule has 1 aliphatic heterocycles. The van der Waals surface area contributed by atoms with Gasteiger partial charge in [0.25, 0.3) is 5.91 Å². The zero-order valence-corrected chi connectivity index (χ0v) is 18.8. The summed E-state index contributed by atoms with van der Waals surface area (Å²) in [6.07, 6.45) is 1.18. The van der Waals surface area contributed by atoms with Crippen molar-refractivity contribution in [3.63, 3.8) is 0 Å². The smallest absolute Gasteiger partial charge is 0.251 e. The van der Waals surface area contributed by atoms with Gasteiger partial charge in [-0.1, -0.05) is 13.0 Å². The Balaban J connectivity index is 1.54. The predicted molar refractivity (Wildman–Crippen MR) is 121 cm³/mol. The number of carbonyl (C=O) groups excluding carboxylic acids is 2. The van der Waals surface area contributed by atoms with Gasteiger partial charge >= 0.3 is 0 Å². The summed E-state index contributed by atoms with van der Waals surface area (Å²) in [5.74, 6) is -0.205. The molecular formula is C22H28N4O4S. The number of nitrogens with one attached hydrogen (secondary N) is 2. The first-order chi connectivity index (χ1) is 14.7. The van der Waals surface area contributed by atoms with Crippen LogP contribution in [0.15, 0.2) is 53.4 Å². The molecule has 1 heterocycles.